The van der Waals surface area contributed by atoms with Crippen LogP contribution in [-0.2, 0) is 4.79 Å². The lowest BCUT2D eigenvalue weighted by atomic mass is 10.1. The number of carbonyl (C=O) groups is 2. The van der Waals surface area contributed by atoms with Gasteiger partial charge in [-0.3, -0.25) is 9.59 Å². The van der Waals surface area contributed by atoms with Crippen LogP contribution >= 0.6 is 15.9 Å². The Hall–Kier alpha value is -2.14. The van der Waals surface area contributed by atoms with Crippen molar-refractivity contribution in [3.63, 3.8) is 0 Å². The van der Waals surface area contributed by atoms with E-state index < -0.39 is 0 Å². The van der Waals surface area contributed by atoms with E-state index in [0.717, 1.165) is 15.7 Å². The van der Waals surface area contributed by atoms with Crippen molar-refractivity contribution in [2.75, 3.05) is 17.2 Å². The molecule has 0 unspecified atom stereocenters. The lowest BCUT2D eigenvalue weighted by molar-refractivity contribution is -0.114. The molecule has 0 heterocycles. The first kappa shape index (κ1) is 16.2. The smallest absolute Gasteiger partial charge is 0.243 e. The van der Waals surface area contributed by atoms with Gasteiger partial charge in [0.05, 0.1) is 12.2 Å². The number of anilines is 2. The van der Waals surface area contributed by atoms with E-state index in [1.807, 2.05) is 25.1 Å². The third-order valence-electron chi connectivity index (χ3n) is 3.19. The Balaban J connectivity index is 1.99. The van der Waals surface area contributed by atoms with E-state index in [-0.39, 0.29) is 18.2 Å². The normalized spacial score (nSPS) is 10.1. The van der Waals surface area contributed by atoms with Gasteiger partial charge in [0.25, 0.3) is 0 Å². The quantitative estimate of drug-likeness (QED) is 0.792. The van der Waals surface area contributed by atoms with Gasteiger partial charge in [0, 0.05) is 15.7 Å². The van der Waals surface area contributed by atoms with E-state index in [1.165, 1.54) is 6.92 Å². The fourth-order valence-corrected chi connectivity index (χ4v) is 2.28. The van der Waals surface area contributed by atoms with Crippen LogP contribution in [0.15, 0.2) is 46.9 Å². The van der Waals surface area contributed by atoms with Crippen molar-refractivity contribution >= 4 is 39.0 Å². The van der Waals surface area contributed by atoms with E-state index in [1.54, 1.807) is 24.3 Å². The highest BCUT2D eigenvalue weighted by molar-refractivity contribution is 9.10. The van der Waals surface area contributed by atoms with Crippen LogP contribution in [-0.4, -0.2) is 18.2 Å². The Morgan fingerprint density at radius 2 is 1.86 bits per heavy atom. The van der Waals surface area contributed by atoms with Crippen molar-refractivity contribution in [3.05, 3.63) is 58.1 Å². The summed E-state index contributed by atoms with van der Waals surface area (Å²) in [5.74, 6) is -0.276. The number of halogens is 1. The average Bonchev–Trinajstić information content (AvgIpc) is 2.49. The molecule has 4 nitrogen and oxygen atoms in total. The summed E-state index contributed by atoms with van der Waals surface area (Å²) < 4.78 is 1.03. The number of carbonyl (C=O) groups excluding carboxylic acids is 2. The number of hydrogen-bond donors (Lipinski definition) is 2. The van der Waals surface area contributed by atoms with Gasteiger partial charge in [-0.1, -0.05) is 28.1 Å². The molecule has 2 N–H and O–H groups in total. The Labute approximate surface area is 138 Å². The van der Waals surface area contributed by atoms with Crippen LogP contribution in [0.25, 0.3) is 0 Å². The number of benzene rings is 2. The summed E-state index contributed by atoms with van der Waals surface area (Å²) >= 11 is 3.44. The van der Waals surface area contributed by atoms with E-state index in [0.29, 0.717) is 11.3 Å². The summed E-state index contributed by atoms with van der Waals surface area (Å²) in [6, 6.07) is 12.8. The molecule has 0 aliphatic carbocycles. The predicted octanol–water partition coefficient (Wildman–Crippen LogP) is 4.01. The van der Waals surface area contributed by atoms with Gasteiger partial charge >= 0.3 is 0 Å². The molecule has 0 aliphatic rings. The minimum Gasteiger partial charge on any atom is -0.376 e. The summed E-state index contributed by atoms with van der Waals surface area (Å²) in [6.45, 7) is 3.60. The predicted molar refractivity (Wildman–Crippen MR) is 92.4 cm³/mol. The van der Waals surface area contributed by atoms with E-state index in [2.05, 4.69) is 26.6 Å². The molecule has 2 aromatic carbocycles. The van der Waals surface area contributed by atoms with Gasteiger partial charge in [-0.15, -0.1) is 0 Å². The zero-order valence-electron chi connectivity index (χ0n) is 12.4. The summed E-state index contributed by atoms with van der Waals surface area (Å²) in [5, 5.41) is 5.82. The van der Waals surface area contributed by atoms with Crippen LogP contribution in [0.5, 0.6) is 0 Å². The molecule has 0 bridgehead atoms. The zero-order chi connectivity index (χ0) is 16.1. The minimum absolute atomic E-state index is 0.0765. The SMILES string of the molecule is CC(=O)c1ccccc1NC(=O)CNc1ccc(Br)c(C)c1. The molecular formula is C17H17BrN2O2. The van der Waals surface area contributed by atoms with Gasteiger partial charge < -0.3 is 10.6 Å². The second-order valence-corrected chi connectivity index (χ2v) is 5.82. The second-order valence-electron chi connectivity index (χ2n) is 4.97. The molecule has 0 saturated heterocycles. The largest absolute Gasteiger partial charge is 0.376 e. The number of aryl methyl sites for hydroxylation is 1. The lowest BCUT2D eigenvalue weighted by Crippen LogP contribution is -2.22. The highest BCUT2D eigenvalue weighted by atomic mass is 79.9. The molecule has 0 aromatic heterocycles. The molecule has 0 spiro atoms. The number of Topliss-reactive ketones (excluding diaryl/α,β-unsaturated/α-hetero) is 1. The first-order valence-electron chi connectivity index (χ1n) is 6.87. The number of para-hydroxylation sites is 1. The van der Waals surface area contributed by atoms with Gasteiger partial charge in [0.15, 0.2) is 5.78 Å². The topological polar surface area (TPSA) is 58.2 Å². The molecule has 1 amide bonds. The zero-order valence-corrected chi connectivity index (χ0v) is 14.0. The van der Waals surface area contributed by atoms with Gasteiger partial charge in [0.2, 0.25) is 5.91 Å². The maximum Gasteiger partial charge on any atom is 0.243 e. The number of amides is 1. The monoisotopic (exact) mass is 360 g/mol. The van der Waals surface area contributed by atoms with Crippen molar-refractivity contribution in [1.82, 2.24) is 0 Å². The molecule has 114 valence electrons. The third kappa shape index (κ3) is 4.18. The standard InChI is InChI=1S/C17H17BrN2O2/c1-11-9-13(7-8-15(11)18)19-10-17(22)20-16-6-4-3-5-14(16)12(2)21/h3-9,19H,10H2,1-2H3,(H,20,22). The van der Waals surface area contributed by atoms with Crippen molar-refractivity contribution in [1.29, 1.82) is 0 Å². The fraction of sp³-hybridized carbons (Fsp3) is 0.176. The summed E-state index contributed by atoms with van der Waals surface area (Å²) in [6.07, 6.45) is 0. The van der Waals surface area contributed by atoms with Crippen LogP contribution in [0.4, 0.5) is 11.4 Å². The molecule has 5 heteroatoms. The number of hydrogen-bond acceptors (Lipinski definition) is 3. The molecule has 0 radical (unpaired) electrons. The highest BCUT2D eigenvalue weighted by Crippen LogP contribution is 2.20. The first-order chi connectivity index (χ1) is 10.5. The molecular weight excluding hydrogens is 344 g/mol. The summed E-state index contributed by atoms with van der Waals surface area (Å²) in [7, 11) is 0. The maximum atomic E-state index is 12.0. The molecule has 22 heavy (non-hydrogen) atoms. The van der Waals surface area contributed by atoms with Gasteiger partial charge in [-0.2, -0.15) is 0 Å². The third-order valence-corrected chi connectivity index (χ3v) is 4.08. The van der Waals surface area contributed by atoms with Crippen molar-refractivity contribution in [3.8, 4) is 0 Å². The molecule has 0 fully saturated rings. The van der Waals surface area contributed by atoms with Gasteiger partial charge in [-0.05, 0) is 49.7 Å². The van der Waals surface area contributed by atoms with Gasteiger partial charge in [-0.25, -0.2) is 0 Å². The average molecular weight is 361 g/mol. The van der Waals surface area contributed by atoms with Crippen molar-refractivity contribution in [2.24, 2.45) is 0 Å². The Kier molecular flexibility index (Phi) is 5.33. The molecule has 0 aliphatic heterocycles. The van der Waals surface area contributed by atoms with Crippen molar-refractivity contribution in [2.45, 2.75) is 13.8 Å². The van der Waals surface area contributed by atoms with Crippen LogP contribution in [0.2, 0.25) is 0 Å². The van der Waals surface area contributed by atoms with Gasteiger partial charge in [0.1, 0.15) is 0 Å². The Morgan fingerprint density at radius 3 is 2.55 bits per heavy atom. The summed E-state index contributed by atoms with van der Waals surface area (Å²) in [4.78, 5) is 23.5. The number of nitrogens with one attached hydrogen (secondary N) is 2. The van der Waals surface area contributed by atoms with Crippen LogP contribution < -0.4 is 10.6 Å². The molecule has 2 aromatic rings. The van der Waals surface area contributed by atoms with E-state index >= 15 is 0 Å². The molecule has 0 atom stereocenters. The number of ketones is 1. The van der Waals surface area contributed by atoms with Crippen molar-refractivity contribution < 1.29 is 9.59 Å². The van der Waals surface area contributed by atoms with E-state index in [9.17, 15) is 9.59 Å². The Morgan fingerprint density at radius 1 is 1.14 bits per heavy atom. The van der Waals surface area contributed by atoms with Crippen LogP contribution in [0.3, 0.4) is 0 Å². The molecule has 2 rings (SSSR count). The molecule has 0 saturated carbocycles. The van der Waals surface area contributed by atoms with Crippen LogP contribution in [0.1, 0.15) is 22.8 Å². The second kappa shape index (κ2) is 7.22. The minimum atomic E-state index is -0.200. The fourth-order valence-electron chi connectivity index (χ4n) is 2.03. The summed E-state index contributed by atoms with van der Waals surface area (Å²) in [5.41, 5.74) is 3.01. The van der Waals surface area contributed by atoms with E-state index in [4.69, 9.17) is 0 Å². The van der Waals surface area contributed by atoms with Crippen LogP contribution in [0, 0.1) is 6.92 Å². The highest BCUT2D eigenvalue weighted by Gasteiger charge is 2.09. The maximum absolute atomic E-state index is 12.0. The first-order valence-corrected chi connectivity index (χ1v) is 7.66. The number of rotatable bonds is 5. The Bertz CT molecular complexity index is 714. The lowest BCUT2D eigenvalue weighted by Gasteiger charge is -2.11.